The van der Waals surface area contributed by atoms with E-state index in [2.05, 4.69) is 27.9 Å². The van der Waals surface area contributed by atoms with Crippen LogP contribution in [0.25, 0.3) is 6.08 Å². The predicted molar refractivity (Wildman–Crippen MR) is 97.6 cm³/mol. The van der Waals surface area contributed by atoms with Gasteiger partial charge in [-0.05, 0) is 64.2 Å². The number of hydrogen-bond acceptors (Lipinski definition) is 3. The molecule has 0 N–H and O–H groups in total. The number of rotatable bonds is 5. The molecule has 1 fully saturated rings. The highest BCUT2D eigenvalue weighted by molar-refractivity contribution is 9.10. The van der Waals surface area contributed by atoms with Gasteiger partial charge in [-0.2, -0.15) is 0 Å². The van der Waals surface area contributed by atoms with Gasteiger partial charge in [0.1, 0.15) is 5.75 Å². The van der Waals surface area contributed by atoms with E-state index >= 15 is 0 Å². The number of carbonyl (C=O) groups is 1. The van der Waals surface area contributed by atoms with Crippen LogP contribution < -0.4 is 4.74 Å². The maximum Gasteiger partial charge on any atom is 0.246 e. The third-order valence-electron chi connectivity index (χ3n) is 4.26. The van der Waals surface area contributed by atoms with Crippen LogP contribution in [0.15, 0.2) is 28.7 Å². The molecule has 5 heteroatoms. The Morgan fingerprint density at radius 2 is 2.13 bits per heavy atom. The number of amides is 1. The van der Waals surface area contributed by atoms with Crippen molar-refractivity contribution in [3.8, 4) is 5.75 Å². The van der Waals surface area contributed by atoms with E-state index in [1.807, 2.05) is 43.1 Å². The third kappa shape index (κ3) is 5.08. The zero-order chi connectivity index (χ0) is 16.8. The quantitative estimate of drug-likeness (QED) is 0.733. The molecule has 0 radical (unpaired) electrons. The summed E-state index contributed by atoms with van der Waals surface area (Å²) < 4.78 is 6.58. The zero-order valence-electron chi connectivity index (χ0n) is 14.1. The molecule has 1 aromatic rings. The van der Waals surface area contributed by atoms with Crippen LogP contribution in [0.2, 0.25) is 0 Å². The van der Waals surface area contributed by atoms with Crippen LogP contribution in [0.5, 0.6) is 5.75 Å². The van der Waals surface area contributed by atoms with E-state index in [4.69, 9.17) is 4.74 Å². The van der Waals surface area contributed by atoms with Crippen molar-refractivity contribution >= 4 is 27.9 Å². The second-order valence-electron chi connectivity index (χ2n) is 5.93. The Bertz CT molecular complexity index is 566. The predicted octanol–water partition coefficient (Wildman–Crippen LogP) is 3.41. The van der Waals surface area contributed by atoms with Gasteiger partial charge >= 0.3 is 0 Å². The normalized spacial score (nSPS) is 16.7. The van der Waals surface area contributed by atoms with E-state index in [9.17, 15) is 4.79 Å². The highest BCUT2D eigenvalue weighted by atomic mass is 79.9. The zero-order valence-corrected chi connectivity index (χ0v) is 15.7. The van der Waals surface area contributed by atoms with Crippen molar-refractivity contribution in [3.05, 3.63) is 34.3 Å². The lowest BCUT2D eigenvalue weighted by atomic mass is 10.0. The van der Waals surface area contributed by atoms with E-state index in [1.54, 1.807) is 6.08 Å². The van der Waals surface area contributed by atoms with Gasteiger partial charge in [0, 0.05) is 29.2 Å². The molecular weight excluding hydrogens is 356 g/mol. The first kappa shape index (κ1) is 18.0. The summed E-state index contributed by atoms with van der Waals surface area (Å²) in [6, 6.07) is 6.15. The van der Waals surface area contributed by atoms with E-state index in [0.717, 1.165) is 41.7 Å². The highest BCUT2D eigenvalue weighted by Crippen LogP contribution is 2.25. The maximum atomic E-state index is 12.4. The minimum Gasteiger partial charge on any atom is -0.493 e. The van der Waals surface area contributed by atoms with Gasteiger partial charge in [0.25, 0.3) is 0 Å². The molecule has 1 heterocycles. The summed E-state index contributed by atoms with van der Waals surface area (Å²) in [4.78, 5) is 16.6. The molecule has 0 bridgehead atoms. The van der Waals surface area contributed by atoms with E-state index in [1.165, 1.54) is 0 Å². The summed E-state index contributed by atoms with van der Waals surface area (Å²) in [5.74, 6) is 0.837. The largest absolute Gasteiger partial charge is 0.493 e. The summed E-state index contributed by atoms with van der Waals surface area (Å²) in [7, 11) is 4.02. The third-order valence-corrected chi connectivity index (χ3v) is 4.75. The van der Waals surface area contributed by atoms with Crippen molar-refractivity contribution < 1.29 is 9.53 Å². The van der Waals surface area contributed by atoms with Crippen LogP contribution in [0.4, 0.5) is 0 Å². The van der Waals surface area contributed by atoms with Gasteiger partial charge in [-0.25, -0.2) is 0 Å². The van der Waals surface area contributed by atoms with Gasteiger partial charge in [-0.3, -0.25) is 4.79 Å². The second-order valence-corrected chi connectivity index (χ2v) is 6.85. The first-order chi connectivity index (χ1) is 11.0. The number of likely N-dealkylation sites (tertiary alicyclic amines) is 1. The lowest BCUT2D eigenvalue weighted by Crippen LogP contribution is -2.43. The summed E-state index contributed by atoms with van der Waals surface area (Å²) in [5, 5.41) is 0. The number of carbonyl (C=O) groups excluding carboxylic acids is 1. The molecule has 0 atom stereocenters. The molecule has 1 amide bonds. The van der Waals surface area contributed by atoms with Crippen molar-refractivity contribution in [3.63, 3.8) is 0 Å². The first-order valence-corrected chi connectivity index (χ1v) is 8.86. The Morgan fingerprint density at radius 1 is 1.43 bits per heavy atom. The number of likely N-dealkylation sites (N-methyl/N-ethyl adjacent to an activating group) is 1. The molecule has 0 aliphatic carbocycles. The summed E-state index contributed by atoms with van der Waals surface area (Å²) in [5.41, 5.74) is 0.909. The minimum atomic E-state index is 0.0435. The lowest BCUT2D eigenvalue weighted by molar-refractivity contribution is -0.127. The van der Waals surface area contributed by atoms with E-state index in [0.29, 0.717) is 12.6 Å². The Kier molecular flexibility index (Phi) is 6.66. The maximum absolute atomic E-state index is 12.4. The van der Waals surface area contributed by atoms with Crippen LogP contribution in [0.1, 0.15) is 25.3 Å². The van der Waals surface area contributed by atoms with Crippen molar-refractivity contribution in [1.29, 1.82) is 0 Å². The molecule has 1 saturated heterocycles. The molecule has 2 rings (SSSR count). The summed E-state index contributed by atoms with van der Waals surface area (Å²) in [6.45, 7) is 4.65. The molecule has 0 spiro atoms. The number of piperidine rings is 1. The monoisotopic (exact) mass is 380 g/mol. The first-order valence-electron chi connectivity index (χ1n) is 8.07. The molecule has 0 unspecified atom stereocenters. The molecule has 1 aliphatic heterocycles. The van der Waals surface area contributed by atoms with Gasteiger partial charge < -0.3 is 14.5 Å². The molecule has 4 nitrogen and oxygen atoms in total. The molecule has 126 valence electrons. The fourth-order valence-electron chi connectivity index (χ4n) is 2.78. The molecule has 1 aromatic carbocycles. The SMILES string of the molecule is CCOc1ccc(Br)cc1C=CC(=O)N(C)C1CCN(C)CC1. The average Bonchev–Trinajstić information content (AvgIpc) is 2.55. The fraction of sp³-hybridized carbons (Fsp3) is 0.500. The summed E-state index contributed by atoms with van der Waals surface area (Å²) in [6.07, 6.45) is 5.55. The number of hydrogen-bond donors (Lipinski definition) is 0. The highest BCUT2D eigenvalue weighted by Gasteiger charge is 2.22. The van der Waals surface area contributed by atoms with Crippen LogP contribution in [0, 0.1) is 0 Å². The van der Waals surface area contributed by atoms with Gasteiger partial charge in [0.05, 0.1) is 6.61 Å². The lowest BCUT2D eigenvalue weighted by Gasteiger charge is -2.34. The van der Waals surface area contributed by atoms with Crippen molar-refractivity contribution in [2.24, 2.45) is 0 Å². The molecular formula is C18H25BrN2O2. The van der Waals surface area contributed by atoms with E-state index < -0.39 is 0 Å². The van der Waals surface area contributed by atoms with Gasteiger partial charge in [-0.1, -0.05) is 15.9 Å². The number of halogens is 1. The number of benzene rings is 1. The van der Waals surface area contributed by atoms with Gasteiger partial charge in [0.15, 0.2) is 0 Å². The van der Waals surface area contributed by atoms with Crippen LogP contribution >= 0.6 is 15.9 Å². The average molecular weight is 381 g/mol. The van der Waals surface area contributed by atoms with Crippen molar-refractivity contribution in [2.45, 2.75) is 25.8 Å². The molecule has 0 saturated carbocycles. The Balaban J connectivity index is 2.04. The second kappa shape index (κ2) is 8.50. The minimum absolute atomic E-state index is 0.0435. The molecule has 1 aliphatic rings. The van der Waals surface area contributed by atoms with Gasteiger partial charge in [-0.15, -0.1) is 0 Å². The smallest absolute Gasteiger partial charge is 0.246 e. The molecule has 23 heavy (non-hydrogen) atoms. The summed E-state index contributed by atoms with van der Waals surface area (Å²) >= 11 is 3.46. The topological polar surface area (TPSA) is 32.8 Å². The standard InChI is InChI=1S/C18H25BrN2O2/c1-4-23-17-7-6-15(19)13-14(17)5-8-18(22)21(3)16-9-11-20(2)12-10-16/h5-8,13,16H,4,9-12H2,1-3H3. The Morgan fingerprint density at radius 3 is 2.78 bits per heavy atom. The number of nitrogens with zero attached hydrogens (tertiary/aromatic N) is 2. The number of ether oxygens (including phenoxy) is 1. The van der Waals surface area contributed by atoms with E-state index in [-0.39, 0.29) is 5.91 Å². The van der Waals surface area contributed by atoms with Crippen LogP contribution in [0.3, 0.4) is 0 Å². The van der Waals surface area contributed by atoms with Crippen molar-refractivity contribution in [2.75, 3.05) is 33.8 Å². The Hall–Kier alpha value is -1.33. The Labute approximate surface area is 147 Å². The fourth-order valence-corrected chi connectivity index (χ4v) is 3.16. The van der Waals surface area contributed by atoms with Crippen molar-refractivity contribution in [1.82, 2.24) is 9.80 Å². The van der Waals surface area contributed by atoms with Crippen LogP contribution in [-0.4, -0.2) is 55.5 Å². The molecule has 0 aromatic heterocycles. The van der Waals surface area contributed by atoms with Gasteiger partial charge in [0.2, 0.25) is 5.91 Å². The van der Waals surface area contributed by atoms with Crippen LogP contribution in [-0.2, 0) is 4.79 Å².